The summed E-state index contributed by atoms with van der Waals surface area (Å²) < 4.78 is 5.55. The van der Waals surface area contributed by atoms with Crippen molar-refractivity contribution >= 4 is 23.7 Å². The average Bonchev–Trinajstić information content (AvgIpc) is 3.56. The Morgan fingerprint density at radius 3 is 2.26 bits per heavy atom. The van der Waals surface area contributed by atoms with Crippen LogP contribution in [0.1, 0.15) is 39.4 Å². The minimum absolute atomic E-state index is 0.00331. The van der Waals surface area contributed by atoms with Crippen LogP contribution in [0.2, 0.25) is 0 Å². The lowest BCUT2D eigenvalue weighted by Crippen LogP contribution is -2.29. The van der Waals surface area contributed by atoms with E-state index in [9.17, 15) is 14.4 Å². The number of anilines is 1. The summed E-state index contributed by atoms with van der Waals surface area (Å²) in [6.45, 7) is 2.31. The first-order valence-corrected chi connectivity index (χ1v) is 11.7. The Morgan fingerprint density at radius 1 is 0.971 bits per heavy atom. The van der Waals surface area contributed by atoms with Gasteiger partial charge in [0.05, 0.1) is 5.56 Å². The summed E-state index contributed by atoms with van der Waals surface area (Å²) in [6, 6.07) is 21.1. The fraction of sp³-hybridized carbons (Fsp3) is 0.250. The monoisotopic (exact) mass is 470 g/mol. The van der Waals surface area contributed by atoms with E-state index < -0.39 is 12.1 Å². The van der Waals surface area contributed by atoms with Gasteiger partial charge in [-0.1, -0.05) is 48.5 Å². The van der Waals surface area contributed by atoms with Crippen molar-refractivity contribution in [2.75, 3.05) is 18.5 Å². The van der Waals surface area contributed by atoms with Crippen LogP contribution in [0.3, 0.4) is 0 Å². The van der Waals surface area contributed by atoms with E-state index in [-0.39, 0.29) is 35.8 Å². The summed E-state index contributed by atoms with van der Waals surface area (Å²) in [7, 11) is 0. The van der Waals surface area contributed by atoms with Gasteiger partial charge in [0, 0.05) is 24.1 Å². The van der Waals surface area contributed by atoms with E-state index in [0.29, 0.717) is 24.2 Å². The van der Waals surface area contributed by atoms with E-state index in [1.807, 2.05) is 24.3 Å². The number of carbonyl (C=O) groups is 3. The van der Waals surface area contributed by atoms with E-state index in [2.05, 4.69) is 34.9 Å². The number of aromatic carboxylic acids is 1. The molecular formula is C28H26N2O5. The zero-order valence-corrected chi connectivity index (χ0v) is 19.3. The molecule has 0 aliphatic heterocycles. The molecule has 35 heavy (non-hydrogen) atoms. The molecule has 2 aliphatic rings. The highest BCUT2D eigenvalue weighted by atomic mass is 16.5. The highest BCUT2D eigenvalue weighted by Crippen LogP contribution is 2.44. The topological polar surface area (TPSA) is 105 Å². The minimum Gasteiger partial charge on any atom is -0.478 e. The van der Waals surface area contributed by atoms with Crippen LogP contribution < -0.4 is 10.6 Å². The molecule has 7 nitrogen and oxygen atoms in total. The van der Waals surface area contributed by atoms with Crippen LogP contribution in [0.15, 0.2) is 66.7 Å². The number of alkyl carbamates (subject to hydrolysis) is 1. The van der Waals surface area contributed by atoms with Gasteiger partial charge in [0.2, 0.25) is 5.91 Å². The van der Waals surface area contributed by atoms with Gasteiger partial charge in [-0.2, -0.15) is 0 Å². The van der Waals surface area contributed by atoms with Gasteiger partial charge in [0.15, 0.2) is 0 Å². The predicted molar refractivity (Wildman–Crippen MR) is 131 cm³/mol. The van der Waals surface area contributed by atoms with E-state index in [1.165, 1.54) is 17.2 Å². The molecule has 0 radical (unpaired) electrons. The molecule has 0 bridgehead atoms. The van der Waals surface area contributed by atoms with Crippen molar-refractivity contribution in [3.63, 3.8) is 0 Å². The number of carboxylic acids is 1. The largest absolute Gasteiger partial charge is 0.478 e. The molecule has 0 heterocycles. The molecule has 1 saturated carbocycles. The first-order valence-electron chi connectivity index (χ1n) is 11.7. The van der Waals surface area contributed by atoms with Crippen molar-refractivity contribution in [2.24, 2.45) is 11.8 Å². The second-order valence-electron chi connectivity index (χ2n) is 9.13. The van der Waals surface area contributed by atoms with E-state index in [4.69, 9.17) is 9.84 Å². The van der Waals surface area contributed by atoms with Crippen molar-refractivity contribution in [3.8, 4) is 11.1 Å². The van der Waals surface area contributed by atoms with Gasteiger partial charge in [-0.25, -0.2) is 9.59 Å². The van der Waals surface area contributed by atoms with Gasteiger partial charge in [0.25, 0.3) is 0 Å². The van der Waals surface area contributed by atoms with Gasteiger partial charge in [-0.05, 0) is 65.3 Å². The lowest BCUT2D eigenvalue weighted by Gasteiger charge is -2.14. The third kappa shape index (κ3) is 4.62. The number of amides is 2. The number of aryl methyl sites for hydroxylation is 1. The lowest BCUT2D eigenvalue weighted by atomic mass is 9.98. The molecule has 0 saturated heterocycles. The van der Waals surface area contributed by atoms with Crippen molar-refractivity contribution in [1.82, 2.24) is 5.32 Å². The molecule has 178 valence electrons. The van der Waals surface area contributed by atoms with Crippen LogP contribution in [-0.4, -0.2) is 36.2 Å². The normalized spacial score (nSPS) is 17.7. The molecule has 2 atom stereocenters. The fourth-order valence-electron chi connectivity index (χ4n) is 4.87. The maximum Gasteiger partial charge on any atom is 0.407 e. The summed E-state index contributed by atoms with van der Waals surface area (Å²) >= 11 is 0. The number of ether oxygens (including phenoxy) is 1. The van der Waals surface area contributed by atoms with Crippen molar-refractivity contribution in [3.05, 3.63) is 89.0 Å². The number of carbonyl (C=O) groups excluding carboxylic acids is 2. The molecule has 2 amide bonds. The highest BCUT2D eigenvalue weighted by molar-refractivity contribution is 5.96. The first kappa shape index (κ1) is 22.7. The number of fused-ring (bicyclic) bond motifs is 3. The zero-order valence-electron chi connectivity index (χ0n) is 19.3. The summed E-state index contributed by atoms with van der Waals surface area (Å²) in [6.07, 6.45) is 0.194. The van der Waals surface area contributed by atoms with Crippen LogP contribution in [0, 0.1) is 18.8 Å². The Bertz CT molecular complexity index is 1270. The lowest BCUT2D eigenvalue weighted by molar-refractivity contribution is -0.117. The van der Waals surface area contributed by atoms with Gasteiger partial charge in [-0.15, -0.1) is 0 Å². The second-order valence-corrected chi connectivity index (χ2v) is 9.13. The second kappa shape index (κ2) is 9.25. The average molecular weight is 471 g/mol. The van der Waals surface area contributed by atoms with E-state index >= 15 is 0 Å². The predicted octanol–water partition coefficient (Wildman–Crippen LogP) is 4.81. The Morgan fingerprint density at radius 2 is 1.63 bits per heavy atom. The van der Waals surface area contributed by atoms with Gasteiger partial charge in [-0.3, -0.25) is 4.79 Å². The number of nitrogens with one attached hydrogen (secondary N) is 2. The number of hydrogen-bond acceptors (Lipinski definition) is 4. The minimum atomic E-state index is -0.998. The Hall–Kier alpha value is -4.13. The van der Waals surface area contributed by atoms with Crippen molar-refractivity contribution in [1.29, 1.82) is 0 Å². The smallest absolute Gasteiger partial charge is 0.407 e. The molecule has 5 rings (SSSR count). The van der Waals surface area contributed by atoms with Gasteiger partial charge < -0.3 is 20.5 Å². The zero-order chi connectivity index (χ0) is 24.5. The molecule has 7 heteroatoms. The van der Waals surface area contributed by atoms with Gasteiger partial charge in [0.1, 0.15) is 6.61 Å². The molecule has 1 fully saturated rings. The third-order valence-corrected chi connectivity index (χ3v) is 6.84. The highest BCUT2D eigenvalue weighted by Gasteiger charge is 2.43. The Kier molecular flexibility index (Phi) is 5.99. The molecule has 0 aromatic heterocycles. The quantitative estimate of drug-likeness (QED) is 0.460. The summed E-state index contributed by atoms with van der Waals surface area (Å²) in [5.41, 5.74) is 6.03. The number of carboxylic acid groups (broad SMARTS) is 1. The van der Waals surface area contributed by atoms with Crippen LogP contribution >= 0.6 is 0 Å². The molecule has 3 N–H and O–H groups in total. The molecule has 2 unspecified atom stereocenters. The summed E-state index contributed by atoms with van der Waals surface area (Å²) in [5, 5.41) is 14.8. The molecular weight excluding hydrogens is 444 g/mol. The summed E-state index contributed by atoms with van der Waals surface area (Å²) in [5.74, 6) is -1.27. The van der Waals surface area contributed by atoms with Crippen LogP contribution in [0.4, 0.5) is 10.5 Å². The van der Waals surface area contributed by atoms with Crippen LogP contribution in [0.5, 0.6) is 0 Å². The maximum absolute atomic E-state index is 12.5. The number of hydrogen-bond donors (Lipinski definition) is 3. The van der Waals surface area contributed by atoms with Crippen molar-refractivity contribution in [2.45, 2.75) is 19.3 Å². The fourth-order valence-corrected chi connectivity index (χ4v) is 4.87. The molecule has 3 aromatic rings. The van der Waals surface area contributed by atoms with Crippen LogP contribution in [-0.2, 0) is 9.53 Å². The SMILES string of the molecule is Cc1cc(NC(=O)C2CC2CNC(=O)OCC2c3ccccc3-c3ccccc32)ccc1C(=O)O. The molecule has 3 aromatic carbocycles. The number of benzene rings is 3. The standard InChI is InChI=1S/C28H26N2O5/c1-16-12-18(10-11-19(16)27(32)33)30-26(31)24-13-17(24)14-29-28(34)35-15-25-22-8-4-2-6-20(22)21-7-3-5-9-23(21)25/h2-12,17,24-25H,13-15H2,1H3,(H,29,34)(H,30,31)(H,32,33). The first-order chi connectivity index (χ1) is 16.9. The summed E-state index contributed by atoms with van der Waals surface area (Å²) in [4.78, 5) is 36.0. The van der Waals surface area contributed by atoms with Gasteiger partial charge >= 0.3 is 12.1 Å². The third-order valence-electron chi connectivity index (χ3n) is 6.84. The van der Waals surface area contributed by atoms with E-state index in [1.54, 1.807) is 19.1 Å². The Balaban J connectivity index is 1.10. The molecule has 2 aliphatic carbocycles. The maximum atomic E-state index is 12.5. The van der Waals surface area contributed by atoms with Crippen molar-refractivity contribution < 1.29 is 24.2 Å². The van der Waals surface area contributed by atoms with E-state index in [0.717, 1.165) is 11.1 Å². The Labute approximate surface area is 203 Å². The number of rotatable bonds is 7. The van der Waals surface area contributed by atoms with Crippen LogP contribution in [0.25, 0.3) is 11.1 Å². The molecule has 0 spiro atoms.